The number of thiazole rings is 1. The van der Waals surface area contributed by atoms with Gasteiger partial charge in [0.1, 0.15) is 16.0 Å². The summed E-state index contributed by atoms with van der Waals surface area (Å²) in [6.45, 7) is 2.07. The molecule has 0 fully saturated rings. The smallest absolute Gasteiger partial charge is 0.278 e. The lowest BCUT2D eigenvalue weighted by molar-refractivity contribution is 0.0988. The Morgan fingerprint density at radius 2 is 1.81 bits per heavy atom. The number of pyridine rings is 2. The number of aromatic nitrogens is 3. The topological polar surface area (TPSA) is 59.0 Å². The molecular formula is C20H16N4OS. The highest BCUT2D eigenvalue weighted by molar-refractivity contribution is 7.22. The number of carbonyl (C=O) groups is 1. The van der Waals surface area contributed by atoms with Crippen LogP contribution >= 0.6 is 11.3 Å². The van der Waals surface area contributed by atoms with Gasteiger partial charge in [-0.15, -0.1) is 0 Å². The molecule has 0 radical (unpaired) electrons. The van der Waals surface area contributed by atoms with Crippen LogP contribution in [-0.2, 0) is 0 Å². The van der Waals surface area contributed by atoms with Crippen LogP contribution < -0.4 is 4.90 Å². The lowest BCUT2D eigenvalue weighted by Crippen LogP contribution is -2.26. The van der Waals surface area contributed by atoms with Gasteiger partial charge >= 0.3 is 0 Å². The van der Waals surface area contributed by atoms with E-state index in [2.05, 4.69) is 29.0 Å². The van der Waals surface area contributed by atoms with Crippen molar-refractivity contribution in [1.29, 1.82) is 0 Å². The average molecular weight is 360 g/mol. The van der Waals surface area contributed by atoms with E-state index in [4.69, 9.17) is 4.98 Å². The molecule has 4 aromatic rings. The molecule has 0 saturated carbocycles. The van der Waals surface area contributed by atoms with Crippen molar-refractivity contribution in [1.82, 2.24) is 15.0 Å². The maximum Gasteiger partial charge on any atom is 0.278 e. The molecule has 26 heavy (non-hydrogen) atoms. The Balaban J connectivity index is 1.70. The van der Waals surface area contributed by atoms with E-state index in [1.807, 2.05) is 24.3 Å². The van der Waals surface area contributed by atoms with Gasteiger partial charge in [0, 0.05) is 18.8 Å². The summed E-state index contributed by atoms with van der Waals surface area (Å²) in [4.78, 5) is 28.3. The molecule has 0 aliphatic heterocycles. The molecule has 6 heteroatoms. The zero-order valence-corrected chi connectivity index (χ0v) is 15.2. The predicted octanol–water partition coefficient (Wildman–Crippen LogP) is 4.34. The summed E-state index contributed by atoms with van der Waals surface area (Å²) in [6, 6.07) is 17.3. The third-order valence-corrected chi connectivity index (χ3v) is 5.18. The summed E-state index contributed by atoms with van der Waals surface area (Å²) in [5.41, 5.74) is 4.35. The standard InChI is InChI=1S/C20H16N4OS/c1-13-7-3-4-8-14(13)15-10-11-16-18(22-15)26-20(23-16)24(2)19(25)17-9-5-6-12-21-17/h3-12H,1-2H3. The molecule has 5 nitrogen and oxygen atoms in total. The Morgan fingerprint density at radius 3 is 2.58 bits per heavy atom. The zero-order valence-electron chi connectivity index (χ0n) is 14.4. The van der Waals surface area contributed by atoms with Crippen molar-refractivity contribution in [3.05, 3.63) is 72.1 Å². The summed E-state index contributed by atoms with van der Waals surface area (Å²) in [7, 11) is 1.71. The van der Waals surface area contributed by atoms with Gasteiger partial charge in [-0.25, -0.2) is 9.97 Å². The van der Waals surface area contributed by atoms with Gasteiger partial charge in [0.2, 0.25) is 0 Å². The number of hydrogen-bond acceptors (Lipinski definition) is 5. The van der Waals surface area contributed by atoms with Gasteiger partial charge in [-0.05, 0) is 36.8 Å². The molecule has 1 aromatic carbocycles. The molecular weight excluding hydrogens is 344 g/mol. The number of benzene rings is 1. The Morgan fingerprint density at radius 1 is 1.00 bits per heavy atom. The third kappa shape index (κ3) is 2.95. The van der Waals surface area contributed by atoms with Crippen molar-refractivity contribution in [2.24, 2.45) is 0 Å². The van der Waals surface area contributed by atoms with Crippen LogP contribution in [0.15, 0.2) is 60.8 Å². The number of anilines is 1. The van der Waals surface area contributed by atoms with Gasteiger partial charge in [-0.2, -0.15) is 0 Å². The van der Waals surface area contributed by atoms with Gasteiger partial charge in [0.25, 0.3) is 5.91 Å². The van der Waals surface area contributed by atoms with Crippen molar-refractivity contribution in [3.8, 4) is 11.3 Å². The summed E-state index contributed by atoms with van der Waals surface area (Å²) in [5, 5.41) is 0.602. The fourth-order valence-electron chi connectivity index (χ4n) is 2.71. The molecule has 4 rings (SSSR count). The minimum atomic E-state index is -0.191. The molecule has 3 aromatic heterocycles. The molecule has 0 bridgehead atoms. The van der Waals surface area contributed by atoms with Crippen LogP contribution in [0, 0.1) is 6.92 Å². The number of carbonyl (C=O) groups excluding carboxylic acids is 1. The number of rotatable bonds is 3. The van der Waals surface area contributed by atoms with E-state index < -0.39 is 0 Å². The first-order valence-electron chi connectivity index (χ1n) is 8.16. The summed E-state index contributed by atoms with van der Waals surface area (Å²) < 4.78 is 0. The first kappa shape index (κ1) is 16.4. The van der Waals surface area contributed by atoms with Crippen LogP contribution in [-0.4, -0.2) is 27.9 Å². The number of aryl methyl sites for hydroxylation is 1. The molecule has 128 valence electrons. The summed E-state index contributed by atoms with van der Waals surface area (Å²) >= 11 is 1.40. The van der Waals surface area contributed by atoms with Crippen molar-refractivity contribution in [2.75, 3.05) is 11.9 Å². The largest absolute Gasteiger partial charge is 0.286 e. The molecule has 0 saturated heterocycles. The van der Waals surface area contributed by atoms with Crippen LogP contribution in [0.2, 0.25) is 0 Å². The second kappa shape index (κ2) is 6.65. The molecule has 0 spiro atoms. The highest BCUT2D eigenvalue weighted by Crippen LogP contribution is 2.30. The molecule has 0 aliphatic rings. The minimum absolute atomic E-state index is 0.191. The van der Waals surface area contributed by atoms with E-state index >= 15 is 0 Å². The molecule has 0 atom stereocenters. The maximum absolute atomic E-state index is 12.6. The molecule has 3 heterocycles. The number of amides is 1. The number of nitrogens with zero attached hydrogens (tertiary/aromatic N) is 4. The molecule has 1 amide bonds. The Kier molecular flexibility index (Phi) is 4.18. The predicted molar refractivity (Wildman–Crippen MR) is 105 cm³/mol. The number of fused-ring (bicyclic) bond motifs is 1. The monoisotopic (exact) mass is 360 g/mol. The fraction of sp³-hybridized carbons (Fsp3) is 0.100. The Hall–Kier alpha value is -3.12. The lowest BCUT2D eigenvalue weighted by Gasteiger charge is -2.12. The van der Waals surface area contributed by atoms with Crippen LogP contribution in [0.3, 0.4) is 0 Å². The van der Waals surface area contributed by atoms with E-state index in [1.54, 1.807) is 31.4 Å². The Labute approximate surface area is 155 Å². The van der Waals surface area contributed by atoms with E-state index in [0.717, 1.165) is 21.6 Å². The zero-order chi connectivity index (χ0) is 18.1. The Bertz CT molecular complexity index is 1090. The maximum atomic E-state index is 12.6. The second-order valence-electron chi connectivity index (χ2n) is 5.91. The van der Waals surface area contributed by atoms with Gasteiger partial charge < -0.3 is 0 Å². The SMILES string of the molecule is Cc1ccccc1-c1ccc2nc(N(C)C(=O)c3ccccn3)sc2n1. The van der Waals surface area contributed by atoms with E-state index in [0.29, 0.717) is 10.8 Å². The highest BCUT2D eigenvalue weighted by atomic mass is 32.1. The van der Waals surface area contributed by atoms with Crippen molar-refractivity contribution in [3.63, 3.8) is 0 Å². The van der Waals surface area contributed by atoms with Crippen LogP contribution in [0.1, 0.15) is 16.1 Å². The lowest BCUT2D eigenvalue weighted by atomic mass is 10.1. The normalized spacial score (nSPS) is 10.8. The van der Waals surface area contributed by atoms with E-state index in [-0.39, 0.29) is 5.91 Å². The highest BCUT2D eigenvalue weighted by Gasteiger charge is 2.18. The first-order valence-corrected chi connectivity index (χ1v) is 8.98. The van der Waals surface area contributed by atoms with Crippen molar-refractivity contribution in [2.45, 2.75) is 6.92 Å². The van der Waals surface area contributed by atoms with Gasteiger partial charge in [-0.3, -0.25) is 14.7 Å². The van der Waals surface area contributed by atoms with Gasteiger partial charge in [0.15, 0.2) is 5.13 Å². The van der Waals surface area contributed by atoms with E-state index in [9.17, 15) is 4.79 Å². The molecule has 0 N–H and O–H groups in total. The van der Waals surface area contributed by atoms with Crippen LogP contribution in [0.5, 0.6) is 0 Å². The quantitative estimate of drug-likeness (QED) is 0.545. The van der Waals surface area contributed by atoms with Crippen molar-refractivity contribution < 1.29 is 4.79 Å². The minimum Gasteiger partial charge on any atom is -0.286 e. The first-order chi connectivity index (χ1) is 12.6. The average Bonchev–Trinajstić information content (AvgIpc) is 3.11. The van der Waals surface area contributed by atoms with Crippen molar-refractivity contribution >= 4 is 32.7 Å². The van der Waals surface area contributed by atoms with Gasteiger partial charge in [-0.1, -0.05) is 41.7 Å². The third-order valence-electron chi connectivity index (χ3n) is 4.14. The van der Waals surface area contributed by atoms with Crippen LogP contribution in [0.4, 0.5) is 5.13 Å². The fourth-order valence-corrected chi connectivity index (χ4v) is 3.61. The number of hydrogen-bond donors (Lipinski definition) is 0. The van der Waals surface area contributed by atoms with Crippen LogP contribution in [0.25, 0.3) is 21.6 Å². The molecule has 0 unspecified atom stereocenters. The molecule has 0 aliphatic carbocycles. The van der Waals surface area contributed by atoms with Gasteiger partial charge in [0.05, 0.1) is 5.69 Å². The van der Waals surface area contributed by atoms with E-state index in [1.165, 1.54) is 21.8 Å². The summed E-state index contributed by atoms with van der Waals surface area (Å²) in [5.74, 6) is -0.191. The summed E-state index contributed by atoms with van der Waals surface area (Å²) in [6.07, 6.45) is 1.61. The second-order valence-corrected chi connectivity index (χ2v) is 6.87.